The van der Waals surface area contributed by atoms with Crippen molar-refractivity contribution in [1.29, 1.82) is 0 Å². The largest absolute Gasteiger partial charge is 0.508 e. The molecular weight excluding hydrogens is 353 g/mol. The Labute approximate surface area is 150 Å². The monoisotopic (exact) mass is 365 g/mol. The van der Waals surface area contributed by atoms with Crippen molar-refractivity contribution < 1.29 is 14.3 Å². The first-order valence-corrected chi connectivity index (χ1v) is 7.82. The van der Waals surface area contributed by atoms with Crippen LogP contribution in [0.4, 0.5) is 4.39 Å². The lowest BCUT2D eigenvalue weighted by Gasteiger charge is -2.07. The fraction of sp³-hybridized carbons (Fsp3) is 0. The lowest BCUT2D eigenvalue weighted by atomic mass is 10.2. The minimum atomic E-state index is -0.871. The molecule has 27 heavy (non-hydrogen) atoms. The number of phenols is 1. The summed E-state index contributed by atoms with van der Waals surface area (Å²) in [5, 5.41) is 9.44. The molecule has 0 unspecified atom stereocenters. The summed E-state index contributed by atoms with van der Waals surface area (Å²) in [4.78, 5) is 35.2. The van der Waals surface area contributed by atoms with Crippen LogP contribution in [-0.4, -0.2) is 30.5 Å². The molecule has 8 nitrogen and oxygen atoms in total. The Bertz CT molecular complexity index is 1240. The van der Waals surface area contributed by atoms with Crippen LogP contribution in [0, 0.1) is 5.82 Å². The summed E-state index contributed by atoms with van der Waals surface area (Å²) in [5.74, 6) is -1.37. The highest BCUT2D eigenvalue weighted by Gasteiger charge is 2.21. The van der Waals surface area contributed by atoms with Crippen molar-refractivity contribution in [2.45, 2.75) is 0 Å². The first-order chi connectivity index (χ1) is 13.0. The van der Waals surface area contributed by atoms with Gasteiger partial charge in [-0.05, 0) is 36.4 Å². The zero-order chi connectivity index (χ0) is 19.1. The number of imidazole rings is 1. The van der Waals surface area contributed by atoms with Crippen molar-refractivity contribution in [1.82, 2.24) is 19.5 Å². The Hall–Kier alpha value is -4.01. The number of nitrogens with one attached hydrogen (secondary N) is 1. The maximum Gasteiger partial charge on any atom is 0.332 e. The van der Waals surface area contributed by atoms with E-state index in [0.717, 1.165) is 4.57 Å². The van der Waals surface area contributed by atoms with Gasteiger partial charge >= 0.3 is 5.69 Å². The number of phenolic OH excluding ortho intramolecular Hbond substituents is 1. The summed E-state index contributed by atoms with van der Waals surface area (Å²) in [7, 11) is 0. The van der Waals surface area contributed by atoms with Gasteiger partial charge in [-0.25, -0.2) is 23.7 Å². The Morgan fingerprint density at radius 2 is 1.81 bits per heavy atom. The molecule has 0 fully saturated rings. The Morgan fingerprint density at radius 1 is 1.11 bits per heavy atom. The molecule has 0 radical (unpaired) electrons. The van der Waals surface area contributed by atoms with E-state index in [4.69, 9.17) is 5.73 Å². The molecule has 0 spiro atoms. The quantitative estimate of drug-likeness (QED) is 0.509. The van der Waals surface area contributed by atoms with E-state index >= 15 is 0 Å². The number of H-pyrrole nitrogens is 1. The van der Waals surface area contributed by atoms with Gasteiger partial charge in [0, 0.05) is 5.56 Å². The van der Waals surface area contributed by atoms with E-state index in [1.54, 1.807) is 18.2 Å². The number of nitrogens with zero attached hydrogens (tertiary/aromatic N) is 3. The van der Waals surface area contributed by atoms with E-state index in [9.17, 15) is 19.1 Å². The van der Waals surface area contributed by atoms with Crippen LogP contribution >= 0.6 is 0 Å². The summed E-state index contributed by atoms with van der Waals surface area (Å²) in [6, 6.07) is 11.6. The number of hydrogen-bond acceptors (Lipinski definition) is 5. The molecule has 2 heterocycles. The molecule has 2 aromatic carbocycles. The molecule has 0 aliphatic carbocycles. The number of rotatable bonds is 3. The lowest BCUT2D eigenvalue weighted by molar-refractivity contribution is 0.0997. The minimum Gasteiger partial charge on any atom is -0.508 e. The van der Waals surface area contributed by atoms with Crippen LogP contribution in [0.25, 0.3) is 28.2 Å². The predicted octanol–water partition coefficient (Wildman–Crippen LogP) is 1.72. The first-order valence-electron chi connectivity index (χ1n) is 7.82. The average molecular weight is 365 g/mol. The Kier molecular flexibility index (Phi) is 3.69. The molecule has 4 N–H and O–H groups in total. The molecule has 0 bridgehead atoms. The Morgan fingerprint density at radius 3 is 2.48 bits per heavy atom. The summed E-state index contributed by atoms with van der Waals surface area (Å²) >= 11 is 0. The number of primary amides is 1. The number of aromatic nitrogens is 4. The highest BCUT2D eigenvalue weighted by molar-refractivity contribution is 6.02. The van der Waals surface area contributed by atoms with Gasteiger partial charge in [0.15, 0.2) is 17.2 Å². The summed E-state index contributed by atoms with van der Waals surface area (Å²) < 4.78 is 15.3. The van der Waals surface area contributed by atoms with E-state index in [2.05, 4.69) is 15.0 Å². The molecular formula is C18H12FN5O3. The second-order valence-corrected chi connectivity index (χ2v) is 5.72. The van der Waals surface area contributed by atoms with Crippen molar-refractivity contribution in [3.63, 3.8) is 0 Å². The van der Waals surface area contributed by atoms with Gasteiger partial charge in [0.2, 0.25) is 0 Å². The summed E-state index contributed by atoms with van der Waals surface area (Å²) in [6.07, 6.45) is 0. The number of benzene rings is 2. The topological polar surface area (TPSA) is 127 Å². The van der Waals surface area contributed by atoms with Crippen LogP contribution in [0.5, 0.6) is 5.75 Å². The van der Waals surface area contributed by atoms with E-state index in [0.29, 0.717) is 5.56 Å². The maximum absolute atomic E-state index is 14.3. The molecule has 0 aliphatic rings. The molecule has 1 amide bonds. The van der Waals surface area contributed by atoms with Crippen LogP contribution in [0.3, 0.4) is 0 Å². The number of fused-ring (bicyclic) bond motifs is 1. The normalized spacial score (nSPS) is 11.0. The molecule has 0 atom stereocenters. The SMILES string of the molecule is NC(=O)c1nc(-c2ccc(O)cc2)nc2c1[nH]c(=O)n2-c1ccccc1F. The van der Waals surface area contributed by atoms with E-state index in [1.165, 1.54) is 30.3 Å². The van der Waals surface area contributed by atoms with Gasteiger partial charge < -0.3 is 15.8 Å². The second kappa shape index (κ2) is 6.06. The van der Waals surface area contributed by atoms with Crippen LogP contribution in [0.1, 0.15) is 10.5 Å². The third-order valence-electron chi connectivity index (χ3n) is 3.99. The van der Waals surface area contributed by atoms with Crippen molar-refractivity contribution in [2.24, 2.45) is 5.73 Å². The highest BCUT2D eigenvalue weighted by Crippen LogP contribution is 2.24. The zero-order valence-corrected chi connectivity index (χ0v) is 13.7. The van der Waals surface area contributed by atoms with E-state index < -0.39 is 17.4 Å². The summed E-state index contributed by atoms with van der Waals surface area (Å²) in [5.41, 5.74) is 4.99. The fourth-order valence-corrected chi connectivity index (χ4v) is 2.76. The third-order valence-corrected chi connectivity index (χ3v) is 3.99. The number of nitrogens with two attached hydrogens (primary N) is 1. The molecule has 0 saturated heterocycles. The average Bonchev–Trinajstić information content (AvgIpc) is 2.97. The maximum atomic E-state index is 14.3. The molecule has 4 rings (SSSR count). The number of aromatic amines is 1. The molecule has 134 valence electrons. The molecule has 9 heteroatoms. The van der Waals surface area contributed by atoms with E-state index in [1.807, 2.05) is 0 Å². The molecule has 0 saturated carbocycles. The third kappa shape index (κ3) is 2.71. The van der Waals surface area contributed by atoms with Crippen LogP contribution in [0.2, 0.25) is 0 Å². The minimum absolute atomic E-state index is 0.0111. The fourth-order valence-electron chi connectivity index (χ4n) is 2.76. The predicted molar refractivity (Wildman–Crippen MR) is 95.1 cm³/mol. The van der Waals surface area contributed by atoms with Gasteiger partial charge in [0.25, 0.3) is 5.91 Å². The number of aromatic hydroxyl groups is 1. The highest BCUT2D eigenvalue weighted by atomic mass is 19.1. The van der Waals surface area contributed by atoms with Crippen LogP contribution in [-0.2, 0) is 0 Å². The number of carbonyl (C=O) groups is 1. The molecule has 0 aliphatic heterocycles. The molecule has 4 aromatic rings. The van der Waals surface area contributed by atoms with Crippen LogP contribution < -0.4 is 11.4 Å². The molecule has 2 aromatic heterocycles. The number of para-hydroxylation sites is 1. The van der Waals surface area contributed by atoms with Gasteiger partial charge in [-0.2, -0.15) is 0 Å². The van der Waals surface area contributed by atoms with Gasteiger partial charge in [-0.15, -0.1) is 0 Å². The lowest BCUT2D eigenvalue weighted by Crippen LogP contribution is -2.16. The van der Waals surface area contributed by atoms with Crippen molar-refractivity contribution >= 4 is 17.1 Å². The summed E-state index contributed by atoms with van der Waals surface area (Å²) in [6.45, 7) is 0. The van der Waals surface area contributed by atoms with Crippen molar-refractivity contribution in [2.75, 3.05) is 0 Å². The number of amides is 1. The second-order valence-electron chi connectivity index (χ2n) is 5.72. The zero-order valence-electron chi connectivity index (χ0n) is 13.7. The number of hydrogen-bond donors (Lipinski definition) is 3. The number of carbonyl (C=O) groups excluding carboxylic acids is 1. The van der Waals surface area contributed by atoms with Gasteiger partial charge in [0.05, 0.1) is 5.69 Å². The van der Waals surface area contributed by atoms with Crippen molar-refractivity contribution in [3.8, 4) is 22.8 Å². The van der Waals surface area contributed by atoms with Crippen LogP contribution in [0.15, 0.2) is 53.3 Å². The standard InChI is InChI=1S/C18H12FN5O3/c19-11-3-1-2-4-12(11)24-17-14(22-18(24)27)13(15(20)26)21-16(23-17)9-5-7-10(25)8-6-9/h1-8,25H,(H2,20,26)(H,22,27). The van der Waals surface area contributed by atoms with Crippen molar-refractivity contribution in [3.05, 3.63) is 70.5 Å². The van der Waals surface area contributed by atoms with Gasteiger partial charge in [-0.3, -0.25) is 4.79 Å². The first kappa shape index (κ1) is 16.5. The Balaban J connectivity index is 2.08. The van der Waals surface area contributed by atoms with E-state index in [-0.39, 0.29) is 34.1 Å². The number of halogens is 1. The smallest absolute Gasteiger partial charge is 0.332 e. The van der Waals surface area contributed by atoms with Gasteiger partial charge in [0.1, 0.15) is 17.1 Å². The van der Waals surface area contributed by atoms with Gasteiger partial charge in [-0.1, -0.05) is 12.1 Å².